The van der Waals surface area contributed by atoms with E-state index in [2.05, 4.69) is 20.0 Å². The Hall–Kier alpha value is -3.94. The van der Waals surface area contributed by atoms with Gasteiger partial charge in [0, 0.05) is 13.0 Å². The Labute approximate surface area is 184 Å². The minimum Gasteiger partial charge on any atom is -0.497 e. The molecule has 0 aliphatic carbocycles. The number of para-hydroxylation sites is 1. The van der Waals surface area contributed by atoms with Crippen LogP contribution in [0.1, 0.15) is 23.2 Å². The van der Waals surface area contributed by atoms with Gasteiger partial charge in [0.1, 0.15) is 29.2 Å². The van der Waals surface area contributed by atoms with E-state index in [1.54, 1.807) is 25.7 Å². The van der Waals surface area contributed by atoms with Gasteiger partial charge in [0.05, 0.1) is 42.9 Å². The van der Waals surface area contributed by atoms with E-state index >= 15 is 0 Å². The van der Waals surface area contributed by atoms with E-state index in [1.165, 1.54) is 0 Å². The lowest BCUT2D eigenvalue weighted by Crippen LogP contribution is -2.44. The summed E-state index contributed by atoms with van der Waals surface area (Å²) in [6, 6.07) is 15.3. The molecule has 1 saturated heterocycles. The summed E-state index contributed by atoms with van der Waals surface area (Å²) in [6.45, 7) is 1.31. The maximum atomic E-state index is 12.9. The number of fused-ring (bicyclic) bond motifs is 2. The van der Waals surface area contributed by atoms with Crippen LogP contribution in [0.3, 0.4) is 0 Å². The van der Waals surface area contributed by atoms with Crippen molar-refractivity contribution in [3.8, 4) is 17.2 Å². The summed E-state index contributed by atoms with van der Waals surface area (Å²) in [5.74, 6) is 2.17. The number of carbonyl (C=O) groups is 1. The summed E-state index contributed by atoms with van der Waals surface area (Å²) >= 11 is 0. The average Bonchev–Trinajstić information content (AvgIpc) is 3.44. The number of ether oxygens (including phenoxy) is 2. The number of methoxy groups -OCH3 is 1. The van der Waals surface area contributed by atoms with E-state index in [4.69, 9.17) is 9.47 Å². The van der Waals surface area contributed by atoms with Crippen molar-refractivity contribution in [3.05, 3.63) is 66.6 Å². The lowest BCUT2D eigenvalue weighted by Gasteiger charge is -2.34. The van der Waals surface area contributed by atoms with Crippen molar-refractivity contribution in [2.24, 2.45) is 0 Å². The van der Waals surface area contributed by atoms with E-state index < -0.39 is 5.60 Å². The number of benzene rings is 2. The summed E-state index contributed by atoms with van der Waals surface area (Å²) < 4.78 is 13.5. The van der Waals surface area contributed by atoms with Crippen LogP contribution in [0.25, 0.3) is 16.7 Å². The summed E-state index contributed by atoms with van der Waals surface area (Å²) in [4.78, 5) is 24.1. The predicted molar refractivity (Wildman–Crippen MR) is 119 cm³/mol. The molecule has 2 aliphatic heterocycles. The largest absolute Gasteiger partial charge is 0.497 e. The highest BCUT2D eigenvalue weighted by molar-refractivity contribution is 6.01. The third-order valence-electron chi connectivity index (χ3n) is 6.26. The van der Waals surface area contributed by atoms with Crippen molar-refractivity contribution in [1.29, 1.82) is 0 Å². The fourth-order valence-corrected chi connectivity index (χ4v) is 4.70. The molecule has 160 valence electrons. The summed E-state index contributed by atoms with van der Waals surface area (Å²) in [5.41, 5.74) is 1.71. The fraction of sp³-hybridized carbons (Fsp3) is 0.250. The molecule has 2 aliphatic rings. The van der Waals surface area contributed by atoms with Crippen LogP contribution < -0.4 is 14.4 Å². The zero-order chi connectivity index (χ0) is 21.7. The fourth-order valence-electron chi connectivity index (χ4n) is 4.70. The molecular formula is C24H21N5O3. The second-order valence-electron chi connectivity index (χ2n) is 8.25. The van der Waals surface area contributed by atoms with Crippen molar-refractivity contribution >= 4 is 22.6 Å². The Morgan fingerprint density at radius 2 is 2.00 bits per heavy atom. The standard InChI is InChI=1S/C24H21N5O3/c1-31-17-7-8-21-18(11-17)20(30)12-24(32-21)9-10-28(14-24)22-19-13-27-29(23(19)26-15-25-22)16-5-3-2-4-6-16/h2-8,11,13,15H,9-10,12,14H2,1H3. The van der Waals surface area contributed by atoms with Crippen LogP contribution in [0.4, 0.5) is 5.82 Å². The maximum absolute atomic E-state index is 12.9. The molecule has 2 aromatic heterocycles. The second-order valence-corrected chi connectivity index (χ2v) is 8.25. The van der Waals surface area contributed by atoms with Crippen LogP contribution in [0, 0.1) is 0 Å². The van der Waals surface area contributed by atoms with Crippen molar-refractivity contribution in [2.75, 3.05) is 25.1 Å². The van der Waals surface area contributed by atoms with Gasteiger partial charge in [-0.3, -0.25) is 4.79 Å². The van der Waals surface area contributed by atoms with Crippen LogP contribution in [0.5, 0.6) is 11.5 Å². The number of anilines is 1. The summed E-state index contributed by atoms with van der Waals surface area (Å²) in [6.07, 6.45) is 4.44. The van der Waals surface area contributed by atoms with Crippen molar-refractivity contribution in [3.63, 3.8) is 0 Å². The molecule has 0 saturated carbocycles. The van der Waals surface area contributed by atoms with Crippen LogP contribution in [0.15, 0.2) is 61.1 Å². The van der Waals surface area contributed by atoms with Gasteiger partial charge in [-0.1, -0.05) is 18.2 Å². The Bertz CT molecular complexity index is 1340. The molecule has 0 radical (unpaired) electrons. The van der Waals surface area contributed by atoms with Crippen molar-refractivity contribution in [1.82, 2.24) is 19.7 Å². The van der Waals surface area contributed by atoms with Gasteiger partial charge in [0.15, 0.2) is 11.4 Å². The SMILES string of the molecule is COc1ccc2c(c1)C(=O)CC1(CCN(c3ncnc4c3cnn4-c3ccccc3)C1)O2. The number of nitrogens with zero attached hydrogens (tertiary/aromatic N) is 5. The van der Waals surface area contributed by atoms with Gasteiger partial charge in [-0.25, -0.2) is 14.6 Å². The molecule has 0 N–H and O–H groups in total. The third-order valence-corrected chi connectivity index (χ3v) is 6.26. The Kier molecular flexibility index (Phi) is 4.14. The van der Waals surface area contributed by atoms with E-state index in [-0.39, 0.29) is 5.78 Å². The maximum Gasteiger partial charge on any atom is 0.170 e. The van der Waals surface area contributed by atoms with Crippen LogP contribution in [-0.2, 0) is 0 Å². The molecule has 4 heterocycles. The molecule has 1 unspecified atom stereocenters. The summed E-state index contributed by atoms with van der Waals surface area (Å²) in [7, 11) is 1.59. The molecular weight excluding hydrogens is 406 g/mol. The number of aromatic nitrogens is 4. The molecule has 1 atom stereocenters. The second kappa shape index (κ2) is 7.05. The molecule has 0 amide bonds. The molecule has 2 aromatic carbocycles. The summed E-state index contributed by atoms with van der Waals surface area (Å²) in [5, 5.41) is 5.43. The highest BCUT2D eigenvalue weighted by atomic mass is 16.5. The van der Waals surface area contributed by atoms with E-state index in [9.17, 15) is 4.79 Å². The number of carbonyl (C=O) groups excluding carboxylic acids is 1. The number of rotatable bonds is 3. The molecule has 1 fully saturated rings. The minimum atomic E-state index is -0.564. The first kappa shape index (κ1) is 18.8. The Morgan fingerprint density at radius 1 is 1.12 bits per heavy atom. The number of Topliss-reactive ketones (excluding diaryl/α,β-unsaturated/α-hetero) is 1. The highest BCUT2D eigenvalue weighted by Crippen LogP contribution is 2.41. The van der Waals surface area contributed by atoms with E-state index in [1.807, 2.05) is 47.1 Å². The molecule has 8 nitrogen and oxygen atoms in total. The molecule has 8 heteroatoms. The predicted octanol–water partition coefficient (Wildman–Crippen LogP) is 3.44. The van der Waals surface area contributed by atoms with Gasteiger partial charge in [0.25, 0.3) is 0 Å². The van der Waals surface area contributed by atoms with Gasteiger partial charge >= 0.3 is 0 Å². The lowest BCUT2D eigenvalue weighted by molar-refractivity contribution is 0.0537. The minimum absolute atomic E-state index is 0.0803. The first-order chi connectivity index (χ1) is 15.7. The Morgan fingerprint density at radius 3 is 2.84 bits per heavy atom. The molecule has 32 heavy (non-hydrogen) atoms. The number of hydrogen-bond acceptors (Lipinski definition) is 7. The monoisotopic (exact) mass is 427 g/mol. The average molecular weight is 427 g/mol. The molecule has 6 rings (SSSR count). The van der Waals surface area contributed by atoms with Gasteiger partial charge in [-0.2, -0.15) is 5.10 Å². The Balaban J connectivity index is 1.32. The van der Waals surface area contributed by atoms with Crippen LogP contribution in [0.2, 0.25) is 0 Å². The van der Waals surface area contributed by atoms with Gasteiger partial charge < -0.3 is 14.4 Å². The smallest absolute Gasteiger partial charge is 0.170 e. The lowest BCUT2D eigenvalue weighted by atomic mass is 9.89. The normalized spacial score (nSPS) is 19.9. The van der Waals surface area contributed by atoms with Gasteiger partial charge in [-0.05, 0) is 30.3 Å². The zero-order valence-electron chi connectivity index (χ0n) is 17.6. The highest BCUT2D eigenvalue weighted by Gasteiger charge is 2.46. The van der Waals surface area contributed by atoms with Gasteiger partial charge in [0.2, 0.25) is 0 Å². The number of hydrogen-bond donors (Lipinski definition) is 0. The quantitative estimate of drug-likeness (QED) is 0.495. The molecule has 1 spiro atoms. The molecule has 0 bridgehead atoms. The van der Waals surface area contributed by atoms with Crippen molar-refractivity contribution in [2.45, 2.75) is 18.4 Å². The molecule has 4 aromatic rings. The van der Waals surface area contributed by atoms with Crippen LogP contribution >= 0.6 is 0 Å². The first-order valence-electron chi connectivity index (χ1n) is 10.6. The zero-order valence-corrected chi connectivity index (χ0v) is 17.6. The third kappa shape index (κ3) is 2.90. The topological polar surface area (TPSA) is 82.4 Å². The van der Waals surface area contributed by atoms with Gasteiger partial charge in [-0.15, -0.1) is 0 Å². The van der Waals surface area contributed by atoms with E-state index in [0.29, 0.717) is 30.0 Å². The van der Waals surface area contributed by atoms with Crippen LogP contribution in [-0.4, -0.2) is 51.3 Å². The van der Waals surface area contributed by atoms with Crippen molar-refractivity contribution < 1.29 is 14.3 Å². The number of ketones is 1. The first-order valence-corrected chi connectivity index (χ1v) is 10.6. The van der Waals surface area contributed by atoms with E-state index in [0.717, 1.165) is 35.5 Å².